The molecule has 9 atom stereocenters. The molecule has 1 aromatic carbocycles. The predicted octanol–water partition coefficient (Wildman–Crippen LogP) is 3.39. The van der Waals surface area contributed by atoms with Crippen molar-refractivity contribution < 1.29 is 0 Å². The highest BCUT2D eigenvalue weighted by atomic mass is 35.5. The van der Waals surface area contributed by atoms with Crippen LogP contribution in [0.25, 0.3) is 0 Å². The smallest absolute Gasteiger partial charge is 0.0135 e. The van der Waals surface area contributed by atoms with Gasteiger partial charge in [0.15, 0.2) is 0 Å². The summed E-state index contributed by atoms with van der Waals surface area (Å²) in [5, 5.41) is 4.01. The molecule has 6 rings (SSSR count). The summed E-state index contributed by atoms with van der Waals surface area (Å²) >= 11 is 0. The van der Waals surface area contributed by atoms with Gasteiger partial charge in [0.05, 0.1) is 0 Å². The van der Waals surface area contributed by atoms with Gasteiger partial charge < -0.3 is 5.32 Å². The fourth-order valence-corrected chi connectivity index (χ4v) is 7.77. The molecular weight excluding hydrogens is 278 g/mol. The lowest BCUT2D eigenvalue weighted by Gasteiger charge is -2.48. The van der Waals surface area contributed by atoms with Gasteiger partial charge in [0.25, 0.3) is 0 Å². The standard InChI is InChI=1S/C19H23N.ClH/c1-2-4-10(5-3-1)6-7-20-19-16-12-9-13-15-11(12)8-14(16)17(15)18(13)19;/h1-5,11-20H,6-9H2;1H/t11-,12-,13+,14+,15+,16-,17-,18-,19-;/m0./s1. The lowest BCUT2D eigenvalue weighted by Crippen LogP contribution is -2.51. The van der Waals surface area contributed by atoms with E-state index in [1.54, 1.807) is 12.8 Å². The second kappa shape index (κ2) is 4.26. The molecule has 112 valence electrons. The third-order valence-corrected chi connectivity index (χ3v) is 7.96. The lowest BCUT2D eigenvalue weighted by atomic mass is 9.59. The molecule has 0 heterocycles. The summed E-state index contributed by atoms with van der Waals surface area (Å²) in [7, 11) is 0. The second-order valence-corrected chi connectivity index (χ2v) is 8.15. The lowest BCUT2D eigenvalue weighted by molar-refractivity contribution is 0.00989. The number of benzene rings is 1. The van der Waals surface area contributed by atoms with Crippen LogP contribution in [-0.2, 0) is 6.42 Å². The van der Waals surface area contributed by atoms with Gasteiger partial charge in [-0.05, 0) is 78.7 Å². The molecule has 0 saturated heterocycles. The monoisotopic (exact) mass is 301 g/mol. The van der Waals surface area contributed by atoms with Crippen molar-refractivity contribution in [1.82, 2.24) is 5.32 Å². The van der Waals surface area contributed by atoms with E-state index in [1.165, 1.54) is 36.3 Å². The molecule has 5 aliphatic rings. The number of fused-ring (bicyclic) bond motifs is 2. The number of halogens is 1. The summed E-state index contributed by atoms with van der Waals surface area (Å²) < 4.78 is 0. The SMILES string of the molecule is Cl.c1ccc(CCN[C@H]2[C@@H]3[C@H]4C[C@H]5[C@@H]3C[C@@H]3[C@@H]5[C@H]4[C@H]32)cc1. The molecule has 0 unspecified atom stereocenters. The van der Waals surface area contributed by atoms with Crippen molar-refractivity contribution in [2.24, 2.45) is 47.3 Å². The number of hydrogen-bond acceptors (Lipinski definition) is 1. The van der Waals surface area contributed by atoms with Crippen LogP contribution in [0.1, 0.15) is 18.4 Å². The van der Waals surface area contributed by atoms with Crippen LogP contribution in [0, 0.1) is 47.3 Å². The van der Waals surface area contributed by atoms with Crippen molar-refractivity contribution in [3.63, 3.8) is 0 Å². The minimum Gasteiger partial charge on any atom is -0.313 e. The van der Waals surface area contributed by atoms with E-state index < -0.39 is 0 Å². The van der Waals surface area contributed by atoms with Gasteiger partial charge in [0.1, 0.15) is 0 Å². The maximum atomic E-state index is 4.01. The van der Waals surface area contributed by atoms with Gasteiger partial charge in [-0.3, -0.25) is 0 Å². The highest BCUT2D eigenvalue weighted by Gasteiger charge is 2.80. The Morgan fingerprint density at radius 3 is 2.33 bits per heavy atom. The maximum Gasteiger partial charge on any atom is 0.0135 e. The molecule has 1 N–H and O–H groups in total. The Bertz CT molecular complexity index is 552. The number of rotatable bonds is 4. The minimum absolute atomic E-state index is 0. The Hall–Kier alpha value is -0.530. The van der Waals surface area contributed by atoms with Crippen LogP contribution in [0.4, 0.5) is 0 Å². The van der Waals surface area contributed by atoms with E-state index in [2.05, 4.69) is 35.6 Å². The summed E-state index contributed by atoms with van der Waals surface area (Å²) in [5.74, 6) is 9.16. The first kappa shape index (κ1) is 13.0. The van der Waals surface area contributed by atoms with Crippen molar-refractivity contribution in [2.75, 3.05) is 6.54 Å². The van der Waals surface area contributed by atoms with E-state index in [-0.39, 0.29) is 12.4 Å². The Labute approximate surface area is 133 Å². The summed E-state index contributed by atoms with van der Waals surface area (Å²) in [6.45, 7) is 1.19. The topological polar surface area (TPSA) is 12.0 Å². The van der Waals surface area contributed by atoms with Gasteiger partial charge >= 0.3 is 0 Å². The van der Waals surface area contributed by atoms with Crippen molar-refractivity contribution in [1.29, 1.82) is 0 Å². The zero-order valence-electron chi connectivity index (χ0n) is 12.3. The number of hydrogen-bond donors (Lipinski definition) is 1. The van der Waals surface area contributed by atoms with Crippen LogP contribution >= 0.6 is 12.4 Å². The molecule has 1 nitrogen and oxygen atoms in total. The first-order chi connectivity index (χ1) is 9.93. The molecular formula is C19H24ClN. The zero-order valence-corrected chi connectivity index (χ0v) is 13.1. The maximum absolute atomic E-state index is 4.01. The van der Waals surface area contributed by atoms with E-state index in [0.717, 1.165) is 35.6 Å². The molecule has 1 aromatic rings. The zero-order chi connectivity index (χ0) is 12.8. The molecule has 0 amide bonds. The van der Waals surface area contributed by atoms with E-state index >= 15 is 0 Å². The second-order valence-electron chi connectivity index (χ2n) is 8.15. The largest absolute Gasteiger partial charge is 0.313 e. The fraction of sp³-hybridized carbons (Fsp3) is 0.684. The normalized spacial score (nSPS) is 53.0. The highest BCUT2D eigenvalue weighted by molar-refractivity contribution is 5.85. The van der Waals surface area contributed by atoms with Crippen molar-refractivity contribution in [3.05, 3.63) is 35.9 Å². The average Bonchev–Trinajstić information content (AvgIpc) is 3.00. The molecule has 0 aromatic heterocycles. The molecule has 5 aliphatic carbocycles. The van der Waals surface area contributed by atoms with Gasteiger partial charge in [-0.25, -0.2) is 0 Å². The summed E-state index contributed by atoms with van der Waals surface area (Å²) in [4.78, 5) is 0. The molecule has 5 fully saturated rings. The molecule has 0 aliphatic heterocycles. The van der Waals surface area contributed by atoms with E-state index in [4.69, 9.17) is 0 Å². The molecule has 0 radical (unpaired) electrons. The Kier molecular flexibility index (Phi) is 2.63. The summed E-state index contributed by atoms with van der Waals surface area (Å²) in [5.41, 5.74) is 1.49. The van der Waals surface area contributed by atoms with Gasteiger partial charge in [0.2, 0.25) is 0 Å². The molecule has 2 bridgehead atoms. The Morgan fingerprint density at radius 1 is 0.810 bits per heavy atom. The highest BCUT2D eigenvalue weighted by Crippen LogP contribution is 2.82. The third-order valence-electron chi connectivity index (χ3n) is 7.96. The van der Waals surface area contributed by atoms with Crippen LogP contribution in [0.2, 0.25) is 0 Å². The van der Waals surface area contributed by atoms with Crippen molar-refractivity contribution in [2.45, 2.75) is 25.3 Å². The predicted molar refractivity (Wildman–Crippen MR) is 86.3 cm³/mol. The van der Waals surface area contributed by atoms with Gasteiger partial charge in [-0.15, -0.1) is 12.4 Å². The van der Waals surface area contributed by atoms with Crippen molar-refractivity contribution in [3.8, 4) is 0 Å². The minimum atomic E-state index is 0. The molecule has 2 heteroatoms. The molecule has 5 saturated carbocycles. The van der Waals surface area contributed by atoms with E-state index in [0.29, 0.717) is 0 Å². The first-order valence-corrected chi connectivity index (χ1v) is 8.71. The third kappa shape index (κ3) is 1.39. The molecule has 0 spiro atoms. The fourth-order valence-electron chi connectivity index (χ4n) is 7.77. The van der Waals surface area contributed by atoms with Crippen LogP contribution in [0.5, 0.6) is 0 Å². The number of nitrogens with one attached hydrogen (secondary N) is 1. The van der Waals surface area contributed by atoms with Crippen LogP contribution in [0.3, 0.4) is 0 Å². The van der Waals surface area contributed by atoms with Gasteiger partial charge in [-0.1, -0.05) is 30.3 Å². The van der Waals surface area contributed by atoms with E-state index in [9.17, 15) is 0 Å². The quantitative estimate of drug-likeness (QED) is 0.899. The Morgan fingerprint density at radius 2 is 1.52 bits per heavy atom. The van der Waals surface area contributed by atoms with Crippen LogP contribution in [-0.4, -0.2) is 12.6 Å². The summed E-state index contributed by atoms with van der Waals surface area (Å²) in [6.07, 6.45) is 4.44. The summed E-state index contributed by atoms with van der Waals surface area (Å²) in [6, 6.07) is 11.9. The molecule has 21 heavy (non-hydrogen) atoms. The van der Waals surface area contributed by atoms with Gasteiger partial charge in [0, 0.05) is 6.04 Å². The van der Waals surface area contributed by atoms with Crippen LogP contribution in [0.15, 0.2) is 30.3 Å². The average molecular weight is 302 g/mol. The van der Waals surface area contributed by atoms with E-state index in [1.807, 2.05) is 0 Å². The Balaban J connectivity index is 0.00000104. The first-order valence-electron chi connectivity index (χ1n) is 8.71. The van der Waals surface area contributed by atoms with Crippen molar-refractivity contribution >= 4 is 12.4 Å². The van der Waals surface area contributed by atoms with Crippen LogP contribution < -0.4 is 5.32 Å². The van der Waals surface area contributed by atoms with Gasteiger partial charge in [-0.2, -0.15) is 0 Å².